The minimum atomic E-state index is -1.28. The first-order valence-electron chi connectivity index (χ1n) is 5.21. The molecule has 88 valence electrons. The average Bonchev–Trinajstić information content (AvgIpc) is 2.38. The summed E-state index contributed by atoms with van der Waals surface area (Å²) in [6.45, 7) is 0.554. The molecule has 0 aliphatic heterocycles. The molecule has 2 rings (SSSR count). The van der Waals surface area contributed by atoms with E-state index in [1.165, 1.54) is 0 Å². The Morgan fingerprint density at radius 2 is 1.65 bits per heavy atom. The lowest BCUT2D eigenvalue weighted by Crippen LogP contribution is -2.16. The second-order valence-corrected chi connectivity index (χ2v) is 5.18. The summed E-state index contributed by atoms with van der Waals surface area (Å²) in [4.78, 5) is 0.616. The van der Waals surface area contributed by atoms with Gasteiger partial charge in [0, 0.05) is 6.54 Å². The van der Waals surface area contributed by atoms with Crippen molar-refractivity contribution < 1.29 is 4.21 Å². The lowest BCUT2D eigenvalue weighted by Gasteiger charge is -2.06. The van der Waals surface area contributed by atoms with E-state index in [1.807, 2.05) is 42.5 Å². The second-order valence-electron chi connectivity index (χ2n) is 3.51. The van der Waals surface area contributed by atoms with Gasteiger partial charge < -0.3 is 0 Å². The number of halogens is 1. The fourth-order valence-electron chi connectivity index (χ4n) is 1.42. The molecular weight excluding hydrogens is 254 g/mol. The van der Waals surface area contributed by atoms with Crippen LogP contribution in [0.3, 0.4) is 0 Å². The van der Waals surface area contributed by atoms with Crippen molar-refractivity contribution in [1.29, 1.82) is 0 Å². The Hall–Kier alpha value is -1.16. The number of nitrogens with one attached hydrogen (secondary N) is 1. The van der Waals surface area contributed by atoms with Crippen LogP contribution in [0.5, 0.6) is 0 Å². The Labute approximate surface area is 108 Å². The van der Waals surface area contributed by atoms with Gasteiger partial charge >= 0.3 is 0 Å². The molecule has 2 aromatic rings. The van der Waals surface area contributed by atoms with Crippen LogP contribution in [0.2, 0.25) is 5.02 Å². The van der Waals surface area contributed by atoms with E-state index >= 15 is 0 Å². The van der Waals surface area contributed by atoms with E-state index < -0.39 is 11.0 Å². The summed E-state index contributed by atoms with van der Waals surface area (Å²) in [7, 11) is -1.28. The molecule has 0 heterocycles. The molecule has 1 N–H and O–H groups in total. The zero-order valence-electron chi connectivity index (χ0n) is 9.10. The second kappa shape index (κ2) is 5.96. The van der Waals surface area contributed by atoms with Gasteiger partial charge in [0.15, 0.2) is 0 Å². The van der Waals surface area contributed by atoms with Crippen molar-refractivity contribution in [2.24, 2.45) is 0 Å². The fraction of sp³-hybridized carbons (Fsp3) is 0.0769. The molecule has 0 aromatic heterocycles. The maximum atomic E-state index is 12.0. The summed E-state index contributed by atoms with van der Waals surface area (Å²) in [5, 5.41) is 0.520. The molecule has 17 heavy (non-hydrogen) atoms. The van der Waals surface area contributed by atoms with Gasteiger partial charge in [0.1, 0.15) is 11.0 Å². The molecule has 0 saturated carbocycles. The molecule has 0 radical (unpaired) electrons. The van der Waals surface area contributed by atoms with Crippen molar-refractivity contribution in [2.75, 3.05) is 0 Å². The molecule has 0 fully saturated rings. The lowest BCUT2D eigenvalue weighted by molar-refractivity contribution is 0.672. The van der Waals surface area contributed by atoms with E-state index in [-0.39, 0.29) is 0 Å². The first kappa shape index (κ1) is 12.3. The number of hydrogen-bond acceptors (Lipinski definition) is 1. The summed E-state index contributed by atoms with van der Waals surface area (Å²) in [5.74, 6) is 0. The molecule has 2 aromatic carbocycles. The Morgan fingerprint density at radius 1 is 1.00 bits per heavy atom. The molecule has 1 unspecified atom stereocenters. The van der Waals surface area contributed by atoms with Crippen molar-refractivity contribution in [3.05, 3.63) is 65.2 Å². The Morgan fingerprint density at radius 3 is 2.35 bits per heavy atom. The highest BCUT2D eigenvalue weighted by atomic mass is 35.5. The fourth-order valence-corrected chi connectivity index (χ4v) is 2.66. The van der Waals surface area contributed by atoms with Crippen molar-refractivity contribution in [1.82, 2.24) is 4.72 Å². The van der Waals surface area contributed by atoms with Crippen LogP contribution in [-0.4, -0.2) is 4.21 Å². The van der Waals surface area contributed by atoms with Crippen LogP contribution in [0.1, 0.15) is 5.56 Å². The maximum Gasteiger partial charge on any atom is 0.126 e. The normalized spacial score (nSPS) is 12.3. The highest BCUT2D eigenvalue weighted by molar-refractivity contribution is 7.83. The van der Waals surface area contributed by atoms with Crippen molar-refractivity contribution in [3.63, 3.8) is 0 Å². The highest BCUT2D eigenvalue weighted by Gasteiger charge is 2.06. The molecule has 0 bridgehead atoms. The predicted octanol–water partition coefficient (Wildman–Crippen LogP) is 3.15. The summed E-state index contributed by atoms with van der Waals surface area (Å²) in [5.41, 5.74) is 1.09. The van der Waals surface area contributed by atoms with Gasteiger partial charge in [0.05, 0.1) is 9.92 Å². The van der Waals surface area contributed by atoms with E-state index in [0.717, 1.165) is 5.56 Å². The number of benzene rings is 2. The minimum Gasteiger partial charge on any atom is -0.237 e. The summed E-state index contributed by atoms with van der Waals surface area (Å²) < 4.78 is 14.9. The first-order valence-corrected chi connectivity index (χ1v) is 6.74. The van der Waals surface area contributed by atoms with Crippen LogP contribution < -0.4 is 4.72 Å². The van der Waals surface area contributed by atoms with Crippen molar-refractivity contribution in [3.8, 4) is 0 Å². The Kier molecular flexibility index (Phi) is 4.31. The van der Waals surface area contributed by atoms with Gasteiger partial charge in [-0.3, -0.25) is 0 Å². The zero-order chi connectivity index (χ0) is 12.1. The van der Waals surface area contributed by atoms with E-state index in [0.29, 0.717) is 16.5 Å². The highest BCUT2D eigenvalue weighted by Crippen LogP contribution is 2.17. The smallest absolute Gasteiger partial charge is 0.126 e. The molecule has 1 atom stereocenters. The first-order chi connectivity index (χ1) is 8.27. The quantitative estimate of drug-likeness (QED) is 0.904. The molecule has 4 heteroatoms. The molecule has 0 saturated heterocycles. The van der Waals surface area contributed by atoms with E-state index in [1.54, 1.807) is 12.1 Å². The van der Waals surface area contributed by atoms with Crippen LogP contribution in [0.4, 0.5) is 0 Å². The van der Waals surface area contributed by atoms with Crippen LogP contribution in [0, 0.1) is 0 Å². The monoisotopic (exact) mass is 265 g/mol. The third kappa shape index (κ3) is 3.40. The number of rotatable bonds is 4. The maximum absolute atomic E-state index is 12.0. The zero-order valence-corrected chi connectivity index (χ0v) is 10.7. The SMILES string of the molecule is O=S(NCc1ccccc1)c1ccccc1Cl. The van der Waals surface area contributed by atoms with Gasteiger partial charge in [-0.05, 0) is 17.7 Å². The van der Waals surface area contributed by atoms with Gasteiger partial charge in [-0.2, -0.15) is 0 Å². The molecular formula is C13H12ClNOS. The van der Waals surface area contributed by atoms with Crippen LogP contribution >= 0.6 is 11.6 Å². The van der Waals surface area contributed by atoms with Crippen LogP contribution in [0.25, 0.3) is 0 Å². The van der Waals surface area contributed by atoms with Crippen molar-refractivity contribution >= 4 is 22.6 Å². The largest absolute Gasteiger partial charge is 0.237 e. The Balaban J connectivity index is 2.01. The van der Waals surface area contributed by atoms with Gasteiger partial charge in [-0.1, -0.05) is 54.1 Å². The molecule has 2 nitrogen and oxygen atoms in total. The van der Waals surface area contributed by atoms with Gasteiger partial charge in [-0.25, -0.2) is 8.93 Å². The summed E-state index contributed by atoms with van der Waals surface area (Å²) >= 11 is 5.97. The van der Waals surface area contributed by atoms with Crippen LogP contribution in [0.15, 0.2) is 59.5 Å². The van der Waals surface area contributed by atoms with Gasteiger partial charge in [-0.15, -0.1) is 0 Å². The third-order valence-electron chi connectivity index (χ3n) is 2.29. The topological polar surface area (TPSA) is 29.1 Å². The lowest BCUT2D eigenvalue weighted by atomic mass is 10.2. The molecule has 0 amide bonds. The van der Waals surface area contributed by atoms with E-state index in [2.05, 4.69) is 4.72 Å². The predicted molar refractivity (Wildman–Crippen MR) is 71.1 cm³/mol. The minimum absolute atomic E-state index is 0.520. The van der Waals surface area contributed by atoms with Crippen molar-refractivity contribution in [2.45, 2.75) is 11.4 Å². The van der Waals surface area contributed by atoms with Gasteiger partial charge in [0.2, 0.25) is 0 Å². The van der Waals surface area contributed by atoms with Crippen LogP contribution in [-0.2, 0) is 17.5 Å². The standard InChI is InChI=1S/C13H12ClNOS/c14-12-8-4-5-9-13(12)17(16)15-10-11-6-2-1-3-7-11/h1-9,15H,10H2. The van der Waals surface area contributed by atoms with E-state index in [9.17, 15) is 4.21 Å². The molecule has 0 aliphatic carbocycles. The van der Waals surface area contributed by atoms with Gasteiger partial charge in [0.25, 0.3) is 0 Å². The summed E-state index contributed by atoms with van der Waals surface area (Å²) in [6, 6.07) is 17.0. The molecule has 0 aliphatic rings. The molecule has 0 spiro atoms. The Bertz CT molecular complexity index is 516. The average molecular weight is 266 g/mol. The van der Waals surface area contributed by atoms with E-state index in [4.69, 9.17) is 11.6 Å². The number of hydrogen-bond donors (Lipinski definition) is 1. The third-order valence-corrected chi connectivity index (χ3v) is 3.89. The summed E-state index contributed by atoms with van der Waals surface area (Å²) in [6.07, 6.45) is 0.